The van der Waals surface area contributed by atoms with E-state index in [-0.39, 0.29) is 11.7 Å². The summed E-state index contributed by atoms with van der Waals surface area (Å²) in [4.78, 5) is 12.9. The molecular weight excluding hydrogens is 372 g/mol. The minimum atomic E-state index is -0.504. The van der Waals surface area contributed by atoms with E-state index in [1.165, 1.54) is 6.07 Å². The van der Waals surface area contributed by atoms with Crippen LogP contribution in [0.3, 0.4) is 0 Å². The molecule has 158 valence electrons. The van der Waals surface area contributed by atoms with Gasteiger partial charge in [-0.2, -0.15) is 0 Å². The first kappa shape index (κ1) is 21.6. The molecule has 3 atom stereocenters. The molecule has 1 aromatic carbocycles. The van der Waals surface area contributed by atoms with Crippen LogP contribution in [0.5, 0.6) is 5.75 Å². The Bertz CT molecular complexity index is 827. The Kier molecular flexibility index (Phi) is 7.47. The van der Waals surface area contributed by atoms with Crippen LogP contribution in [0.25, 0.3) is 0 Å². The van der Waals surface area contributed by atoms with E-state index in [4.69, 9.17) is 18.6 Å². The van der Waals surface area contributed by atoms with Crippen molar-refractivity contribution in [3.8, 4) is 5.75 Å². The van der Waals surface area contributed by atoms with Gasteiger partial charge in [-0.25, -0.2) is 4.79 Å². The van der Waals surface area contributed by atoms with Crippen molar-refractivity contribution in [3.63, 3.8) is 0 Å². The maximum Gasteiger partial charge on any atom is 0.343 e. The highest BCUT2D eigenvalue weighted by Crippen LogP contribution is 2.47. The zero-order valence-corrected chi connectivity index (χ0v) is 17.3. The summed E-state index contributed by atoms with van der Waals surface area (Å²) in [5, 5.41) is 10.8. The molecule has 1 aromatic heterocycles. The highest BCUT2D eigenvalue weighted by atomic mass is 16.7. The van der Waals surface area contributed by atoms with Gasteiger partial charge in [0, 0.05) is 19.1 Å². The standard InChI is InChI=1S/C23H30O6/c1-4-19(28-15(2)27-13-12-26-3)20-14-18(24)22(23(25)29-20)21(17-10-11-17)16-8-6-5-7-9-16/h5-9,14-15,17,19,21,24H,4,10-13H2,1-3H3. The fraction of sp³-hybridized carbons (Fsp3) is 0.522. The molecule has 6 heteroatoms. The van der Waals surface area contributed by atoms with Crippen molar-refractivity contribution < 1.29 is 23.7 Å². The lowest BCUT2D eigenvalue weighted by Gasteiger charge is -2.22. The number of aromatic hydroxyl groups is 1. The summed E-state index contributed by atoms with van der Waals surface area (Å²) < 4.78 is 22.0. The number of hydrogen-bond donors (Lipinski definition) is 1. The van der Waals surface area contributed by atoms with Crippen molar-refractivity contribution in [3.05, 3.63) is 63.7 Å². The predicted octanol–water partition coefficient (Wildman–Crippen LogP) is 4.36. The normalized spacial score (nSPS) is 17.1. The van der Waals surface area contributed by atoms with E-state index in [1.807, 2.05) is 37.3 Å². The molecule has 1 saturated carbocycles. The predicted molar refractivity (Wildman–Crippen MR) is 109 cm³/mol. The first-order chi connectivity index (χ1) is 14.0. The van der Waals surface area contributed by atoms with Crippen LogP contribution in [0, 0.1) is 5.92 Å². The lowest BCUT2D eigenvalue weighted by Crippen LogP contribution is -2.21. The van der Waals surface area contributed by atoms with Gasteiger partial charge >= 0.3 is 5.63 Å². The highest BCUT2D eigenvalue weighted by Gasteiger charge is 2.37. The molecule has 0 saturated heterocycles. The minimum absolute atomic E-state index is 0.0352. The summed E-state index contributed by atoms with van der Waals surface area (Å²) in [6.45, 7) is 4.58. The van der Waals surface area contributed by atoms with Gasteiger partial charge in [-0.1, -0.05) is 37.3 Å². The molecule has 0 spiro atoms. The molecule has 1 heterocycles. The Morgan fingerprint density at radius 2 is 1.93 bits per heavy atom. The molecule has 1 fully saturated rings. The second-order valence-corrected chi connectivity index (χ2v) is 7.43. The summed E-state index contributed by atoms with van der Waals surface area (Å²) in [5.74, 6) is 0.471. The largest absolute Gasteiger partial charge is 0.507 e. The van der Waals surface area contributed by atoms with Gasteiger partial charge in [-0.3, -0.25) is 0 Å². The Morgan fingerprint density at radius 1 is 1.21 bits per heavy atom. The second kappa shape index (κ2) is 10.1. The molecule has 3 rings (SSSR count). The van der Waals surface area contributed by atoms with E-state index >= 15 is 0 Å². The van der Waals surface area contributed by atoms with E-state index in [0.29, 0.717) is 36.9 Å². The third-order valence-corrected chi connectivity index (χ3v) is 5.23. The highest BCUT2D eigenvalue weighted by molar-refractivity contribution is 5.41. The molecule has 3 unspecified atom stereocenters. The molecule has 0 amide bonds. The van der Waals surface area contributed by atoms with E-state index in [0.717, 1.165) is 18.4 Å². The van der Waals surface area contributed by atoms with Crippen molar-refractivity contribution in [2.24, 2.45) is 5.92 Å². The second-order valence-electron chi connectivity index (χ2n) is 7.43. The lowest BCUT2D eigenvalue weighted by atomic mass is 9.87. The maximum absolute atomic E-state index is 12.9. The van der Waals surface area contributed by atoms with Crippen molar-refractivity contribution >= 4 is 0 Å². The van der Waals surface area contributed by atoms with E-state index in [9.17, 15) is 9.90 Å². The van der Waals surface area contributed by atoms with Gasteiger partial charge in [0.05, 0.1) is 18.8 Å². The monoisotopic (exact) mass is 402 g/mol. The summed E-state index contributed by atoms with van der Waals surface area (Å²) in [7, 11) is 1.60. The summed E-state index contributed by atoms with van der Waals surface area (Å²) in [5.41, 5.74) is 0.853. The summed E-state index contributed by atoms with van der Waals surface area (Å²) in [6, 6.07) is 11.3. The zero-order chi connectivity index (χ0) is 20.8. The number of hydrogen-bond acceptors (Lipinski definition) is 6. The molecule has 1 aliphatic rings. The number of benzene rings is 1. The van der Waals surface area contributed by atoms with E-state index < -0.39 is 18.0 Å². The van der Waals surface area contributed by atoms with Crippen molar-refractivity contribution in [2.75, 3.05) is 20.3 Å². The van der Waals surface area contributed by atoms with Crippen LogP contribution < -0.4 is 5.63 Å². The molecule has 0 bridgehead atoms. The van der Waals surface area contributed by atoms with Crippen LogP contribution in [0.1, 0.15) is 62.0 Å². The number of methoxy groups -OCH3 is 1. The van der Waals surface area contributed by atoms with Crippen LogP contribution in [0.15, 0.2) is 45.6 Å². The SMILES string of the molecule is CCC(OC(C)OCCOC)c1cc(O)c(C(c2ccccc2)C2CC2)c(=O)o1. The average Bonchev–Trinajstić information content (AvgIpc) is 3.54. The smallest absolute Gasteiger partial charge is 0.343 e. The van der Waals surface area contributed by atoms with E-state index in [1.54, 1.807) is 14.0 Å². The fourth-order valence-electron chi connectivity index (χ4n) is 3.65. The Labute approximate surface area is 171 Å². The zero-order valence-electron chi connectivity index (χ0n) is 17.3. The molecular formula is C23H30O6. The molecule has 0 aliphatic heterocycles. The molecule has 6 nitrogen and oxygen atoms in total. The van der Waals surface area contributed by atoms with Crippen LogP contribution in [-0.2, 0) is 14.2 Å². The van der Waals surface area contributed by atoms with Crippen LogP contribution in [0.2, 0.25) is 0 Å². The summed E-state index contributed by atoms with van der Waals surface area (Å²) >= 11 is 0. The lowest BCUT2D eigenvalue weighted by molar-refractivity contribution is -0.171. The summed E-state index contributed by atoms with van der Waals surface area (Å²) in [6.07, 6.45) is 1.67. The molecule has 0 radical (unpaired) electrons. The van der Waals surface area contributed by atoms with Gasteiger partial charge in [0.1, 0.15) is 17.6 Å². The van der Waals surface area contributed by atoms with Gasteiger partial charge in [0.15, 0.2) is 6.29 Å². The van der Waals surface area contributed by atoms with Crippen LogP contribution in [0.4, 0.5) is 0 Å². The van der Waals surface area contributed by atoms with Crippen molar-refractivity contribution in [1.29, 1.82) is 0 Å². The fourth-order valence-corrected chi connectivity index (χ4v) is 3.65. The van der Waals surface area contributed by atoms with Gasteiger partial charge in [0.25, 0.3) is 0 Å². The molecule has 2 aromatic rings. The first-order valence-electron chi connectivity index (χ1n) is 10.2. The van der Waals surface area contributed by atoms with E-state index in [2.05, 4.69) is 0 Å². The Hall–Kier alpha value is -2.15. The first-order valence-corrected chi connectivity index (χ1v) is 10.2. The molecule has 29 heavy (non-hydrogen) atoms. The van der Waals surface area contributed by atoms with Crippen molar-refractivity contribution in [1.82, 2.24) is 0 Å². The third-order valence-electron chi connectivity index (χ3n) is 5.23. The maximum atomic E-state index is 12.9. The minimum Gasteiger partial charge on any atom is -0.507 e. The third kappa shape index (κ3) is 5.47. The quantitative estimate of drug-likeness (QED) is 0.444. The van der Waals surface area contributed by atoms with Gasteiger partial charge in [0.2, 0.25) is 0 Å². The topological polar surface area (TPSA) is 78.1 Å². The molecule has 1 N–H and O–H groups in total. The van der Waals surface area contributed by atoms with Crippen molar-refractivity contribution in [2.45, 2.75) is 51.4 Å². The van der Waals surface area contributed by atoms with Crippen LogP contribution >= 0.6 is 0 Å². The van der Waals surface area contributed by atoms with Gasteiger partial charge in [-0.05, 0) is 37.7 Å². The van der Waals surface area contributed by atoms with Gasteiger partial charge in [-0.15, -0.1) is 0 Å². The average molecular weight is 402 g/mol. The van der Waals surface area contributed by atoms with Gasteiger partial charge < -0.3 is 23.7 Å². The van der Waals surface area contributed by atoms with Crippen LogP contribution in [-0.4, -0.2) is 31.7 Å². The number of ether oxygens (including phenoxy) is 3. The Balaban J connectivity index is 1.83. The molecule has 1 aliphatic carbocycles. The number of rotatable bonds is 11. The Morgan fingerprint density at radius 3 is 2.52 bits per heavy atom.